The molecule has 11 heteroatoms. The average molecular weight is 499 g/mol. The minimum Gasteiger partial charge on any atom is -0.444 e. The van der Waals surface area contributed by atoms with E-state index >= 15 is 0 Å². The number of hydrogen-bond donors (Lipinski definition) is 3. The summed E-state index contributed by atoms with van der Waals surface area (Å²) in [5, 5.41) is 16.3. The number of nitrogens with one attached hydrogen (secondary N) is 2. The van der Waals surface area contributed by atoms with Crippen molar-refractivity contribution in [3.05, 3.63) is 24.4 Å². The zero-order valence-electron chi connectivity index (χ0n) is 20.8. The molecule has 2 amide bonds. The molecule has 10 nitrogen and oxygen atoms in total. The van der Waals surface area contributed by atoms with E-state index in [4.69, 9.17) is 4.74 Å². The van der Waals surface area contributed by atoms with Crippen LogP contribution in [0.2, 0.25) is 0 Å². The maximum absolute atomic E-state index is 13.1. The fraction of sp³-hybridized carbons (Fsp3) is 0.696. The van der Waals surface area contributed by atoms with Crippen molar-refractivity contribution in [1.82, 2.24) is 19.9 Å². The van der Waals surface area contributed by atoms with Gasteiger partial charge in [0.05, 0.1) is 12.1 Å². The summed E-state index contributed by atoms with van der Waals surface area (Å²) < 4.78 is 32.5. The lowest BCUT2D eigenvalue weighted by atomic mass is 9.94. The molecule has 0 spiro atoms. The Kier molecular flexibility index (Phi) is 9.44. The van der Waals surface area contributed by atoms with E-state index in [0.29, 0.717) is 12.8 Å². The molecule has 0 aliphatic carbocycles. The standard InChI is InChI=1S/C23H38N4O6S/c1-15(2)13-17(25-22(30)33-23(4,5)6)21(29)26-20-16(3)10-12-27(14-18(20)28)34(31,32)19-9-7-8-11-24-19/h7-9,11,15-18,20,28H,10,12-14H2,1-6H3,(H,25,30)(H,26,29)/t16?,17-,18?,20?/m0/s1. The second kappa shape index (κ2) is 11.5. The number of sulfonamides is 1. The number of alkyl carbamates (subject to hydrolysis) is 1. The lowest BCUT2D eigenvalue weighted by Crippen LogP contribution is -2.56. The van der Waals surface area contributed by atoms with Crippen molar-refractivity contribution >= 4 is 22.0 Å². The highest BCUT2D eigenvalue weighted by Crippen LogP contribution is 2.23. The summed E-state index contributed by atoms with van der Waals surface area (Å²) in [5.74, 6) is -0.540. The number of hydrogen-bond acceptors (Lipinski definition) is 7. The fourth-order valence-electron chi connectivity index (χ4n) is 3.83. The predicted molar refractivity (Wildman–Crippen MR) is 127 cm³/mol. The van der Waals surface area contributed by atoms with Gasteiger partial charge in [0.2, 0.25) is 5.91 Å². The van der Waals surface area contributed by atoms with E-state index in [1.54, 1.807) is 32.9 Å². The van der Waals surface area contributed by atoms with Gasteiger partial charge in [0.15, 0.2) is 5.03 Å². The number of amides is 2. The first-order valence-corrected chi connectivity index (χ1v) is 13.0. The number of carbonyl (C=O) groups excluding carboxylic acids is 2. The lowest BCUT2D eigenvalue weighted by Gasteiger charge is -2.30. The molecule has 3 unspecified atom stereocenters. The van der Waals surface area contributed by atoms with E-state index in [-0.39, 0.29) is 30.0 Å². The summed E-state index contributed by atoms with van der Waals surface area (Å²) in [6.07, 6.45) is 0.376. The number of aliphatic hydroxyl groups excluding tert-OH is 1. The Hall–Kier alpha value is -2.24. The molecule has 1 aliphatic rings. The van der Waals surface area contributed by atoms with E-state index in [1.165, 1.54) is 16.6 Å². The van der Waals surface area contributed by atoms with Crippen molar-refractivity contribution in [2.45, 2.75) is 83.2 Å². The summed E-state index contributed by atoms with van der Waals surface area (Å²) in [4.78, 5) is 29.3. The van der Waals surface area contributed by atoms with Crippen molar-refractivity contribution in [2.75, 3.05) is 13.1 Å². The molecule has 1 saturated heterocycles. The third-order valence-electron chi connectivity index (χ3n) is 5.52. The third kappa shape index (κ3) is 7.92. The SMILES string of the molecule is CC(C)C[C@H](NC(=O)OC(C)(C)C)C(=O)NC1C(C)CCN(S(=O)(=O)c2ccccn2)CC1O. The normalized spacial score (nSPS) is 23.1. The first-order valence-electron chi connectivity index (χ1n) is 11.6. The predicted octanol–water partition coefficient (Wildman–Crippen LogP) is 1.90. The average Bonchev–Trinajstić information content (AvgIpc) is 2.86. The van der Waals surface area contributed by atoms with Crippen LogP contribution in [-0.4, -0.2) is 71.7 Å². The highest BCUT2D eigenvalue weighted by molar-refractivity contribution is 7.89. The molecule has 0 radical (unpaired) electrons. The zero-order chi connectivity index (χ0) is 25.7. The number of pyridine rings is 1. The van der Waals surface area contributed by atoms with Crippen LogP contribution >= 0.6 is 0 Å². The lowest BCUT2D eigenvalue weighted by molar-refractivity contribution is -0.125. The van der Waals surface area contributed by atoms with Crippen LogP contribution in [0.3, 0.4) is 0 Å². The molecule has 192 valence electrons. The number of aliphatic hydroxyl groups is 1. The van der Waals surface area contributed by atoms with Crippen molar-refractivity contribution < 1.29 is 27.9 Å². The molecule has 3 N–H and O–H groups in total. The number of rotatable bonds is 7. The van der Waals surface area contributed by atoms with Crippen molar-refractivity contribution in [3.63, 3.8) is 0 Å². The molecule has 34 heavy (non-hydrogen) atoms. The Morgan fingerprint density at radius 1 is 1.29 bits per heavy atom. The van der Waals surface area contributed by atoms with Crippen molar-refractivity contribution in [2.24, 2.45) is 11.8 Å². The molecule has 1 aromatic rings. The number of β-amino-alcohol motifs (C(OH)–C–C–N with tert-alkyl or cyclic N) is 1. The first-order chi connectivity index (χ1) is 15.7. The van der Waals surface area contributed by atoms with Gasteiger partial charge in [0.1, 0.15) is 11.6 Å². The molecule has 1 fully saturated rings. The molecular weight excluding hydrogens is 460 g/mol. The topological polar surface area (TPSA) is 138 Å². The van der Waals surface area contributed by atoms with Crippen LogP contribution in [0, 0.1) is 11.8 Å². The zero-order valence-corrected chi connectivity index (χ0v) is 21.6. The molecule has 1 aliphatic heterocycles. The van der Waals surface area contributed by atoms with E-state index in [1.807, 2.05) is 20.8 Å². The molecule has 1 aromatic heterocycles. The summed E-state index contributed by atoms with van der Waals surface area (Å²) in [6, 6.07) is 3.08. The Morgan fingerprint density at radius 3 is 2.53 bits per heavy atom. The van der Waals surface area contributed by atoms with E-state index < -0.39 is 45.8 Å². The Balaban J connectivity index is 2.14. The minimum absolute atomic E-state index is 0.0871. The van der Waals surface area contributed by atoms with Crippen molar-refractivity contribution in [1.29, 1.82) is 0 Å². The molecule has 2 heterocycles. The second-order valence-electron chi connectivity index (χ2n) is 10.2. The van der Waals surface area contributed by atoms with Crippen LogP contribution < -0.4 is 10.6 Å². The summed E-state index contributed by atoms with van der Waals surface area (Å²) in [7, 11) is -3.88. The van der Waals surface area contributed by atoms with E-state index in [2.05, 4.69) is 15.6 Å². The molecule has 4 atom stereocenters. The molecule has 0 saturated carbocycles. The number of nitrogens with zero attached hydrogens (tertiary/aromatic N) is 2. The largest absolute Gasteiger partial charge is 0.444 e. The smallest absolute Gasteiger partial charge is 0.408 e. The van der Waals surface area contributed by atoms with Gasteiger partial charge in [-0.05, 0) is 57.6 Å². The molecular formula is C23H38N4O6S. The van der Waals surface area contributed by atoms with Crippen LogP contribution in [0.1, 0.15) is 54.4 Å². The van der Waals surface area contributed by atoms with E-state index in [9.17, 15) is 23.1 Å². The Labute approximate surface area is 202 Å². The maximum atomic E-state index is 13.1. The van der Waals surface area contributed by atoms with E-state index in [0.717, 1.165) is 0 Å². The van der Waals surface area contributed by atoms with Gasteiger partial charge in [-0.2, -0.15) is 4.31 Å². The highest BCUT2D eigenvalue weighted by Gasteiger charge is 2.38. The van der Waals surface area contributed by atoms with Gasteiger partial charge in [-0.1, -0.05) is 26.8 Å². The Bertz CT molecular complexity index is 933. The fourth-order valence-corrected chi connectivity index (χ4v) is 5.23. The van der Waals surface area contributed by atoms with Gasteiger partial charge in [0.25, 0.3) is 10.0 Å². The third-order valence-corrected chi connectivity index (χ3v) is 7.30. The van der Waals surface area contributed by atoms with Crippen LogP contribution in [0.15, 0.2) is 29.4 Å². The Morgan fingerprint density at radius 2 is 1.97 bits per heavy atom. The van der Waals surface area contributed by atoms with Gasteiger partial charge in [-0.3, -0.25) is 4.79 Å². The number of aromatic nitrogens is 1. The van der Waals surface area contributed by atoms with Gasteiger partial charge in [-0.25, -0.2) is 18.2 Å². The highest BCUT2D eigenvalue weighted by atomic mass is 32.2. The molecule has 0 bridgehead atoms. The monoisotopic (exact) mass is 498 g/mol. The number of carbonyl (C=O) groups is 2. The van der Waals surface area contributed by atoms with Crippen LogP contribution in [0.4, 0.5) is 4.79 Å². The second-order valence-corrected chi connectivity index (χ2v) is 12.1. The minimum atomic E-state index is -3.88. The van der Waals surface area contributed by atoms with Gasteiger partial charge < -0.3 is 20.5 Å². The maximum Gasteiger partial charge on any atom is 0.408 e. The van der Waals surface area contributed by atoms with Gasteiger partial charge in [-0.15, -0.1) is 0 Å². The van der Waals surface area contributed by atoms with Crippen LogP contribution in [-0.2, 0) is 19.6 Å². The first kappa shape index (κ1) is 28.0. The molecule has 2 rings (SSSR count). The number of ether oxygens (including phenoxy) is 1. The quantitative estimate of drug-likeness (QED) is 0.522. The van der Waals surface area contributed by atoms with Crippen molar-refractivity contribution in [3.8, 4) is 0 Å². The summed E-state index contributed by atoms with van der Waals surface area (Å²) >= 11 is 0. The van der Waals surface area contributed by atoms with Crippen LogP contribution in [0.5, 0.6) is 0 Å². The van der Waals surface area contributed by atoms with Crippen LogP contribution in [0.25, 0.3) is 0 Å². The van der Waals surface area contributed by atoms with Gasteiger partial charge in [0, 0.05) is 19.3 Å². The molecule has 0 aromatic carbocycles. The summed E-state index contributed by atoms with van der Waals surface area (Å²) in [5.41, 5.74) is -0.711. The summed E-state index contributed by atoms with van der Waals surface area (Å²) in [6.45, 7) is 10.9. The van der Waals surface area contributed by atoms with Gasteiger partial charge >= 0.3 is 6.09 Å².